The largest absolute Gasteiger partial charge is 0.369 e. The third-order valence-electron chi connectivity index (χ3n) is 4.05. The lowest BCUT2D eigenvalue weighted by molar-refractivity contribution is 0.377. The van der Waals surface area contributed by atoms with Crippen LogP contribution in [-0.4, -0.2) is 38.9 Å². The Hall–Kier alpha value is -2.13. The van der Waals surface area contributed by atoms with Gasteiger partial charge in [-0.1, -0.05) is 0 Å². The van der Waals surface area contributed by atoms with E-state index in [9.17, 15) is 26.0 Å². The van der Waals surface area contributed by atoms with Crippen molar-refractivity contribution >= 4 is 15.7 Å². The van der Waals surface area contributed by atoms with Crippen LogP contribution in [0, 0.1) is 23.3 Å². The minimum atomic E-state index is -4.28. The van der Waals surface area contributed by atoms with E-state index >= 15 is 0 Å². The fraction of sp³-hybridized carbons (Fsp3) is 0.250. The fourth-order valence-electron chi connectivity index (χ4n) is 2.69. The van der Waals surface area contributed by atoms with Gasteiger partial charge in [0.05, 0.1) is 0 Å². The Morgan fingerprint density at radius 3 is 1.96 bits per heavy atom. The molecule has 0 N–H and O–H groups in total. The van der Waals surface area contributed by atoms with Crippen LogP contribution in [-0.2, 0) is 10.0 Å². The molecule has 1 aliphatic rings. The van der Waals surface area contributed by atoms with Crippen molar-refractivity contribution in [1.82, 2.24) is 4.31 Å². The molecule has 0 radical (unpaired) electrons. The molecular formula is C16H14F4N2O2S. The highest BCUT2D eigenvalue weighted by atomic mass is 32.2. The summed E-state index contributed by atoms with van der Waals surface area (Å²) < 4.78 is 79.1. The molecular weight excluding hydrogens is 360 g/mol. The summed E-state index contributed by atoms with van der Waals surface area (Å²) in [5.41, 5.74) is 0.734. The molecule has 0 saturated carbocycles. The van der Waals surface area contributed by atoms with Crippen LogP contribution >= 0.6 is 0 Å². The number of halogens is 4. The normalized spacial score (nSPS) is 16.2. The summed E-state index contributed by atoms with van der Waals surface area (Å²) in [5, 5.41) is 0. The summed E-state index contributed by atoms with van der Waals surface area (Å²) >= 11 is 0. The average molecular weight is 374 g/mol. The lowest BCUT2D eigenvalue weighted by Gasteiger charge is -2.35. The van der Waals surface area contributed by atoms with Crippen molar-refractivity contribution in [2.24, 2.45) is 0 Å². The van der Waals surface area contributed by atoms with Gasteiger partial charge in [-0.15, -0.1) is 0 Å². The number of nitrogens with zero attached hydrogens (tertiary/aromatic N) is 2. The van der Waals surface area contributed by atoms with Crippen LogP contribution < -0.4 is 4.90 Å². The smallest absolute Gasteiger partial charge is 0.246 e. The zero-order chi connectivity index (χ0) is 18.2. The van der Waals surface area contributed by atoms with E-state index in [1.54, 1.807) is 12.1 Å². The molecule has 4 nitrogen and oxygen atoms in total. The van der Waals surface area contributed by atoms with Gasteiger partial charge < -0.3 is 4.90 Å². The van der Waals surface area contributed by atoms with E-state index < -0.39 is 32.4 Å². The first-order chi connectivity index (χ1) is 11.8. The second kappa shape index (κ2) is 6.64. The van der Waals surface area contributed by atoms with Crippen molar-refractivity contribution in [2.45, 2.75) is 4.90 Å². The quantitative estimate of drug-likeness (QED) is 0.613. The van der Waals surface area contributed by atoms with E-state index in [4.69, 9.17) is 0 Å². The highest BCUT2D eigenvalue weighted by Crippen LogP contribution is 2.25. The first kappa shape index (κ1) is 17.7. The number of hydrogen-bond acceptors (Lipinski definition) is 3. The van der Waals surface area contributed by atoms with Crippen LogP contribution in [0.3, 0.4) is 0 Å². The maximum Gasteiger partial charge on any atom is 0.246 e. The summed E-state index contributed by atoms with van der Waals surface area (Å²) in [6.45, 7) is 0.683. The minimum absolute atomic E-state index is 0.0398. The van der Waals surface area contributed by atoms with Crippen molar-refractivity contribution < 1.29 is 26.0 Å². The van der Waals surface area contributed by atoms with E-state index in [-0.39, 0.29) is 18.9 Å². The molecule has 1 saturated heterocycles. The Labute approximate surface area is 142 Å². The third-order valence-corrected chi connectivity index (χ3v) is 5.96. The van der Waals surface area contributed by atoms with Crippen LogP contribution in [0.4, 0.5) is 23.2 Å². The molecule has 0 atom stereocenters. The second-order valence-corrected chi connectivity index (χ2v) is 7.45. The van der Waals surface area contributed by atoms with Crippen LogP contribution in [0.25, 0.3) is 0 Å². The van der Waals surface area contributed by atoms with Gasteiger partial charge in [-0.3, -0.25) is 0 Å². The minimum Gasteiger partial charge on any atom is -0.369 e. The van der Waals surface area contributed by atoms with Gasteiger partial charge in [0.25, 0.3) is 0 Å². The van der Waals surface area contributed by atoms with Gasteiger partial charge in [-0.05, 0) is 36.4 Å². The molecule has 9 heteroatoms. The van der Waals surface area contributed by atoms with Gasteiger partial charge in [0, 0.05) is 31.9 Å². The van der Waals surface area contributed by atoms with E-state index in [1.807, 2.05) is 4.90 Å². The molecule has 0 amide bonds. The molecule has 134 valence electrons. The van der Waals surface area contributed by atoms with Gasteiger partial charge >= 0.3 is 0 Å². The molecule has 1 aliphatic heterocycles. The van der Waals surface area contributed by atoms with Crippen molar-refractivity contribution in [3.8, 4) is 0 Å². The number of hydrogen-bond donors (Lipinski definition) is 0. The van der Waals surface area contributed by atoms with Gasteiger partial charge in [-0.25, -0.2) is 26.0 Å². The molecule has 1 heterocycles. The highest BCUT2D eigenvalue weighted by molar-refractivity contribution is 7.89. The van der Waals surface area contributed by atoms with Gasteiger partial charge in [-0.2, -0.15) is 4.31 Å². The fourth-order valence-corrected chi connectivity index (χ4v) is 4.16. The average Bonchev–Trinajstić information content (AvgIpc) is 2.60. The van der Waals surface area contributed by atoms with Crippen molar-refractivity contribution in [3.63, 3.8) is 0 Å². The van der Waals surface area contributed by atoms with Crippen molar-refractivity contribution in [2.75, 3.05) is 31.1 Å². The molecule has 0 aliphatic carbocycles. The van der Waals surface area contributed by atoms with Gasteiger partial charge in [0.15, 0.2) is 17.5 Å². The number of sulfonamides is 1. The predicted molar refractivity (Wildman–Crippen MR) is 83.7 cm³/mol. The first-order valence-electron chi connectivity index (χ1n) is 7.45. The van der Waals surface area contributed by atoms with Crippen LogP contribution in [0.2, 0.25) is 0 Å². The van der Waals surface area contributed by atoms with Crippen LogP contribution in [0.5, 0.6) is 0 Å². The summed E-state index contributed by atoms with van der Waals surface area (Å²) in [5.74, 6) is -5.36. The topological polar surface area (TPSA) is 40.6 Å². The summed E-state index contributed by atoms with van der Waals surface area (Å²) in [7, 11) is -4.28. The monoisotopic (exact) mass is 374 g/mol. The molecule has 0 spiro atoms. The SMILES string of the molecule is O=S(=O)(c1ccc(F)c(F)c1F)N1CCN(c2ccc(F)cc2)CC1. The lowest BCUT2D eigenvalue weighted by Crippen LogP contribution is -2.48. The molecule has 0 unspecified atom stereocenters. The highest BCUT2D eigenvalue weighted by Gasteiger charge is 2.32. The predicted octanol–water partition coefficient (Wildman–Crippen LogP) is 2.75. The molecule has 2 aromatic rings. The Morgan fingerprint density at radius 2 is 1.36 bits per heavy atom. The number of anilines is 1. The van der Waals surface area contributed by atoms with E-state index in [0.717, 1.165) is 16.1 Å². The molecule has 0 aromatic heterocycles. The van der Waals surface area contributed by atoms with Crippen LogP contribution in [0.1, 0.15) is 0 Å². The van der Waals surface area contributed by atoms with E-state index in [0.29, 0.717) is 19.2 Å². The standard InChI is InChI=1S/C16H14F4N2O2S/c17-11-1-3-12(4-2-11)21-7-9-22(10-8-21)25(23,24)14-6-5-13(18)15(19)16(14)20/h1-6H,7-10H2. The number of rotatable bonds is 3. The van der Waals surface area contributed by atoms with E-state index in [2.05, 4.69) is 0 Å². The zero-order valence-corrected chi connectivity index (χ0v) is 13.7. The summed E-state index contributed by atoms with van der Waals surface area (Å²) in [4.78, 5) is 0.967. The summed E-state index contributed by atoms with van der Waals surface area (Å²) in [6.07, 6.45) is 0. The zero-order valence-electron chi connectivity index (χ0n) is 12.9. The number of benzene rings is 2. The van der Waals surface area contributed by atoms with Gasteiger partial charge in [0.1, 0.15) is 10.7 Å². The Morgan fingerprint density at radius 1 is 0.760 bits per heavy atom. The summed E-state index contributed by atoms with van der Waals surface area (Å²) in [6, 6.07) is 7.06. The Kier molecular flexibility index (Phi) is 4.70. The Bertz CT molecular complexity index is 880. The third kappa shape index (κ3) is 3.34. The first-order valence-corrected chi connectivity index (χ1v) is 8.89. The molecule has 3 rings (SSSR count). The molecule has 2 aromatic carbocycles. The van der Waals surface area contributed by atoms with Gasteiger partial charge in [0.2, 0.25) is 10.0 Å². The maximum atomic E-state index is 13.8. The molecule has 0 bridgehead atoms. The van der Waals surface area contributed by atoms with Crippen molar-refractivity contribution in [3.05, 3.63) is 59.7 Å². The molecule has 1 fully saturated rings. The van der Waals surface area contributed by atoms with E-state index in [1.165, 1.54) is 12.1 Å². The van der Waals surface area contributed by atoms with Crippen molar-refractivity contribution in [1.29, 1.82) is 0 Å². The number of piperazine rings is 1. The maximum absolute atomic E-state index is 13.8. The second-order valence-electron chi connectivity index (χ2n) is 5.54. The molecule has 25 heavy (non-hydrogen) atoms. The Balaban J connectivity index is 1.78. The van der Waals surface area contributed by atoms with Crippen LogP contribution in [0.15, 0.2) is 41.3 Å². The lowest BCUT2D eigenvalue weighted by atomic mass is 10.2.